The number of benzene rings is 1. The van der Waals surface area contributed by atoms with E-state index in [0.717, 1.165) is 0 Å². The molecular formula is C14H10N2O3S. The third kappa shape index (κ3) is 1.65. The third-order valence-corrected chi connectivity index (χ3v) is 4.96. The number of aromatic nitrogens is 1. The van der Waals surface area contributed by atoms with Crippen molar-refractivity contribution in [3.05, 3.63) is 64.8 Å². The molecule has 6 heteroatoms. The highest BCUT2D eigenvalue weighted by Crippen LogP contribution is 2.36. The molecule has 1 aliphatic rings. The second-order valence-corrected chi connectivity index (χ2v) is 6.14. The van der Waals surface area contributed by atoms with Crippen molar-refractivity contribution in [2.45, 2.75) is 4.90 Å². The summed E-state index contributed by atoms with van der Waals surface area (Å²) >= 11 is 0. The van der Waals surface area contributed by atoms with Gasteiger partial charge < -0.3 is 5.73 Å². The van der Waals surface area contributed by atoms with Gasteiger partial charge in [-0.05, 0) is 24.3 Å². The number of hydrogen-bond acceptors (Lipinski definition) is 5. The molecule has 0 bridgehead atoms. The number of carbonyl (C=O) groups is 1. The number of pyridine rings is 1. The molecule has 2 aromatic rings. The Morgan fingerprint density at radius 2 is 1.75 bits per heavy atom. The molecule has 2 N–H and O–H groups in total. The minimum atomic E-state index is -3.88. The summed E-state index contributed by atoms with van der Waals surface area (Å²) in [5, 5.41) is 0. The summed E-state index contributed by atoms with van der Waals surface area (Å²) in [7, 11) is -3.88. The SMILES string of the molecule is N/C(=C1\C(=O)c2ccccc2S1(=O)=O)c1ccccn1. The minimum Gasteiger partial charge on any atom is -0.396 e. The molecule has 0 unspecified atom stereocenters. The Bertz CT molecular complexity index is 840. The molecule has 0 aliphatic carbocycles. The van der Waals surface area contributed by atoms with Gasteiger partial charge in [0.15, 0.2) is 0 Å². The molecule has 5 nitrogen and oxygen atoms in total. The zero-order valence-electron chi connectivity index (χ0n) is 10.3. The van der Waals surface area contributed by atoms with E-state index in [9.17, 15) is 13.2 Å². The average Bonchev–Trinajstić information content (AvgIpc) is 2.67. The highest BCUT2D eigenvalue weighted by atomic mass is 32.2. The van der Waals surface area contributed by atoms with Gasteiger partial charge in [0.05, 0.1) is 16.3 Å². The molecule has 1 aromatic carbocycles. The smallest absolute Gasteiger partial charge is 0.213 e. The van der Waals surface area contributed by atoms with Crippen molar-refractivity contribution in [2.75, 3.05) is 0 Å². The van der Waals surface area contributed by atoms with E-state index in [0.29, 0.717) is 0 Å². The van der Waals surface area contributed by atoms with Crippen LogP contribution in [-0.2, 0) is 9.84 Å². The first-order valence-electron chi connectivity index (χ1n) is 5.83. The fraction of sp³-hybridized carbons (Fsp3) is 0. The van der Waals surface area contributed by atoms with Crippen molar-refractivity contribution in [3.8, 4) is 0 Å². The third-order valence-electron chi connectivity index (χ3n) is 3.08. The van der Waals surface area contributed by atoms with Crippen LogP contribution >= 0.6 is 0 Å². The van der Waals surface area contributed by atoms with Gasteiger partial charge in [0.2, 0.25) is 15.6 Å². The quantitative estimate of drug-likeness (QED) is 0.800. The van der Waals surface area contributed by atoms with Crippen molar-refractivity contribution >= 4 is 21.3 Å². The van der Waals surface area contributed by atoms with E-state index in [2.05, 4.69) is 4.98 Å². The standard InChI is InChI=1S/C14H10N2O3S/c15-12(10-6-3-4-8-16-10)14-13(17)9-5-1-2-7-11(9)20(14,18)19/h1-8H,15H2/b14-12+. The summed E-state index contributed by atoms with van der Waals surface area (Å²) < 4.78 is 24.8. The normalized spacial score (nSPS) is 18.7. The maximum Gasteiger partial charge on any atom is 0.213 e. The number of carbonyl (C=O) groups excluding carboxylic acids is 1. The van der Waals surface area contributed by atoms with Crippen LogP contribution in [0.2, 0.25) is 0 Å². The van der Waals surface area contributed by atoms with Crippen molar-refractivity contribution in [1.82, 2.24) is 4.98 Å². The molecular weight excluding hydrogens is 276 g/mol. The number of hydrogen-bond donors (Lipinski definition) is 1. The van der Waals surface area contributed by atoms with Gasteiger partial charge in [-0.2, -0.15) is 0 Å². The van der Waals surface area contributed by atoms with Gasteiger partial charge in [0, 0.05) is 11.8 Å². The van der Waals surface area contributed by atoms with E-state index in [-0.39, 0.29) is 21.8 Å². The van der Waals surface area contributed by atoms with E-state index >= 15 is 0 Å². The minimum absolute atomic E-state index is 0.00104. The van der Waals surface area contributed by atoms with E-state index in [1.54, 1.807) is 30.3 Å². The summed E-state index contributed by atoms with van der Waals surface area (Å²) in [6.45, 7) is 0. The lowest BCUT2D eigenvalue weighted by atomic mass is 10.1. The summed E-state index contributed by atoms with van der Waals surface area (Å²) in [6.07, 6.45) is 1.49. The number of rotatable bonds is 1. The largest absolute Gasteiger partial charge is 0.396 e. The lowest BCUT2D eigenvalue weighted by molar-refractivity contribution is 0.104. The number of nitrogens with two attached hydrogens (primary N) is 1. The van der Waals surface area contributed by atoms with Gasteiger partial charge >= 0.3 is 0 Å². The fourth-order valence-electron chi connectivity index (χ4n) is 2.15. The number of ketones is 1. The van der Waals surface area contributed by atoms with E-state index in [1.165, 1.54) is 18.3 Å². The molecule has 100 valence electrons. The first-order chi connectivity index (χ1) is 9.53. The Labute approximate surface area is 115 Å². The summed E-state index contributed by atoms with van der Waals surface area (Å²) in [5.41, 5.74) is 6.17. The number of sulfone groups is 1. The number of nitrogens with zero attached hydrogens (tertiary/aromatic N) is 1. The first-order valence-corrected chi connectivity index (χ1v) is 7.32. The van der Waals surface area contributed by atoms with Crippen LogP contribution in [0.4, 0.5) is 0 Å². The topological polar surface area (TPSA) is 90.1 Å². The summed E-state index contributed by atoms with van der Waals surface area (Å²) in [6, 6.07) is 11.0. The number of allylic oxidation sites excluding steroid dienone is 1. The molecule has 0 radical (unpaired) electrons. The Hall–Kier alpha value is -2.47. The molecule has 3 rings (SSSR count). The zero-order valence-corrected chi connectivity index (χ0v) is 11.1. The predicted molar refractivity (Wildman–Crippen MR) is 73.3 cm³/mol. The van der Waals surface area contributed by atoms with Crippen LogP contribution in [0.1, 0.15) is 16.1 Å². The highest BCUT2D eigenvalue weighted by molar-refractivity contribution is 7.97. The maximum absolute atomic E-state index is 12.4. The van der Waals surface area contributed by atoms with E-state index in [4.69, 9.17) is 5.73 Å². The molecule has 2 heterocycles. The molecule has 20 heavy (non-hydrogen) atoms. The molecule has 1 aromatic heterocycles. The molecule has 0 fully saturated rings. The molecule has 1 aliphatic heterocycles. The van der Waals surface area contributed by atoms with Gasteiger partial charge in [-0.3, -0.25) is 9.78 Å². The van der Waals surface area contributed by atoms with Gasteiger partial charge in [0.25, 0.3) is 0 Å². The van der Waals surface area contributed by atoms with Crippen LogP contribution in [0.25, 0.3) is 5.70 Å². The van der Waals surface area contributed by atoms with Crippen LogP contribution in [-0.4, -0.2) is 19.2 Å². The van der Waals surface area contributed by atoms with Gasteiger partial charge in [0.1, 0.15) is 4.91 Å². The second-order valence-electron chi connectivity index (χ2n) is 4.29. The first kappa shape index (κ1) is 12.6. The number of Topliss-reactive ketones (excluding diaryl/α,β-unsaturated/α-hetero) is 1. The summed E-state index contributed by atoms with van der Waals surface area (Å²) in [4.78, 5) is 15.9. The summed E-state index contributed by atoms with van der Waals surface area (Å²) in [5.74, 6) is -0.580. The molecule has 0 spiro atoms. The van der Waals surface area contributed by atoms with Crippen molar-refractivity contribution in [1.29, 1.82) is 0 Å². The molecule has 0 saturated carbocycles. The van der Waals surface area contributed by atoms with E-state index < -0.39 is 20.5 Å². The predicted octanol–water partition coefficient (Wildman–Crippen LogP) is 1.38. The second kappa shape index (κ2) is 4.28. The molecule has 0 atom stereocenters. The zero-order chi connectivity index (χ0) is 14.3. The Morgan fingerprint density at radius 1 is 1.05 bits per heavy atom. The van der Waals surface area contributed by atoms with Crippen molar-refractivity contribution < 1.29 is 13.2 Å². The van der Waals surface area contributed by atoms with Crippen LogP contribution in [0.15, 0.2) is 58.5 Å². The van der Waals surface area contributed by atoms with Gasteiger partial charge in [-0.25, -0.2) is 8.42 Å². The Kier molecular flexibility index (Phi) is 2.69. The van der Waals surface area contributed by atoms with Crippen molar-refractivity contribution in [3.63, 3.8) is 0 Å². The monoisotopic (exact) mass is 286 g/mol. The van der Waals surface area contributed by atoms with Gasteiger partial charge in [-0.1, -0.05) is 18.2 Å². The maximum atomic E-state index is 12.4. The Balaban J connectivity index is 2.31. The number of fused-ring (bicyclic) bond motifs is 1. The highest BCUT2D eigenvalue weighted by Gasteiger charge is 2.41. The van der Waals surface area contributed by atoms with E-state index in [1.807, 2.05) is 0 Å². The fourth-order valence-corrected chi connectivity index (χ4v) is 3.82. The van der Waals surface area contributed by atoms with Crippen LogP contribution in [0.3, 0.4) is 0 Å². The van der Waals surface area contributed by atoms with Gasteiger partial charge in [-0.15, -0.1) is 0 Å². The lowest BCUT2D eigenvalue weighted by Gasteiger charge is -2.04. The van der Waals surface area contributed by atoms with Crippen LogP contribution in [0, 0.1) is 0 Å². The van der Waals surface area contributed by atoms with Crippen LogP contribution in [0.5, 0.6) is 0 Å². The Morgan fingerprint density at radius 3 is 2.40 bits per heavy atom. The van der Waals surface area contributed by atoms with Crippen LogP contribution < -0.4 is 5.73 Å². The molecule has 0 saturated heterocycles. The van der Waals surface area contributed by atoms with Crippen molar-refractivity contribution in [2.24, 2.45) is 5.73 Å². The molecule has 0 amide bonds. The average molecular weight is 286 g/mol. The lowest BCUT2D eigenvalue weighted by Crippen LogP contribution is -2.12.